The van der Waals surface area contributed by atoms with Crippen LogP contribution in [0, 0.1) is 0 Å². The maximum atomic E-state index is 2.52. The molecular weight excluding hydrogens is 591 g/mol. The predicted octanol–water partition coefficient (Wildman–Crippen LogP) is 13.7. The first-order valence-electron chi connectivity index (χ1n) is 18.0. The molecule has 0 saturated carbocycles. The first-order valence-corrected chi connectivity index (χ1v) is 18.0. The summed E-state index contributed by atoms with van der Waals surface area (Å²) < 4.78 is 0. The number of rotatable bonds is 6. The van der Waals surface area contributed by atoms with Gasteiger partial charge in [-0.25, -0.2) is 0 Å². The summed E-state index contributed by atoms with van der Waals surface area (Å²) in [6, 6.07) is 48.6. The molecule has 0 N–H and O–H groups in total. The number of anilines is 3. The number of fused-ring (bicyclic) bond motifs is 6. The topological polar surface area (TPSA) is 3.24 Å². The molecule has 244 valence electrons. The molecule has 2 aliphatic rings. The third-order valence-electron chi connectivity index (χ3n) is 11.5. The van der Waals surface area contributed by atoms with Gasteiger partial charge in [0.2, 0.25) is 0 Å². The summed E-state index contributed by atoms with van der Waals surface area (Å²) in [5.74, 6) is 0.916. The van der Waals surface area contributed by atoms with E-state index in [1.165, 1.54) is 83.8 Å². The second kappa shape index (κ2) is 11.3. The van der Waals surface area contributed by atoms with Gasteiger partial charge in [-0.05, 0) is 109 Å². The lowest BCUT2D eigenvalue weighted by Gasteiger charge is -2.31. The van der Waals surface area contributed by atoms with Crippen LogP contribution in [0.15, 0.2) is 127 Å². The van der Waals surface area contributed by atoms with E-state index in [4.69, 9.17) is 0 Å². The Morgan fingerprint density at radius 2 is 0.857 bits per heavy atom. The Kier molecular flexibility index (Phi) is 7.27. The molecular formula is C48H47N. The van der Waals surface area contributed by atoms with Gasteiger partial charge >= 0.3 is 0 Å². The van der Waals surface area contributed by atoms with Gasteiger partial charge in [-0.15, -0.1) is 0 Å². The third kappa shape index (κ3) is 4.89. The highest BCUT2D eigenvalue weighted by molar-refractivity contribution is 5.92. The SMILES string of the molecule is CC(C)c1ccc(-c2cc(C(C)C)ccc2N(c2ccc3c(c2)C(C)(C)c2ccccc2-3)c2ccc3c(c2)C(C)(C)c2ccccc2-3)cc1. The molecule has 1 heteroatoms. The van der Waals surface area contributed by atoms with Gasteiger partial charge in [0.1, 0.15) is 0 Å². The van der Waals surface area contributed by atoms with E-state index in [0.29, 0.717) is 11.8 Å². The molecule has 1 nitrogen and oxygen atoms in total. The standard InChI is InChI=1S/C48H47N/c1-30(2)32-17-19-33(20-18-32)41-27-34(31(3)4)21-26-46(41)49(35-22-24-39-37-13-9-11-15-42(37)47(5,6)44(39)28-35)36-23-25-40-38-14-10-12-16-43(38)48(7,8)45(40)29-36/h9-31H,1-8H3. The van der Waals surface area contributed by atoms with Gasteiger partial charge in [-0.1, -0.05) is 146 Å². The van der Waals surface area contributed by atoms with E-state index < -0.39 is 0 Å². The highest BCUT2D eigenvalue weighted by Gasteiger charge is 2.38. The maximum Gasteiger partial charge on any atom is 0.0540 e. The van der Waals surface area contributed by atoms with Crippen molar-refractivity contribution in [1.82, 2.24) is 0 Å². The summed E-state index contributed by atoms with van der Waals surface area (Å²) in [7, 11) is 0. The van der Waals surface area contributed by atoms with Crippen LogP contribution in [-0.4, -0.2) is 0 Å². The minimum absolute atomic E-state index is 0.0911. The van der Waals surface area contributed by atoms with E-state index in [0.717, 1.165) is 0 Å². The van der Waals surface area contributed by atoms with E-state index in [1.54, 1.807) is 0 Å². The number of hydrogen-bond donors (Lipinski definition) is 0. The molecule has 0 saturated heterocycles. The van der Waals surface area contributed by atoms with Gasteiger partial charge in [-0.3, -0.25) is 0 Å². The van der Waals surface area contributed by atoms with Crippen molar-refractivity contribution in [2.75, 3.05) is 4.90 Å². The third-order valence-corrected chi connectivity index (χ3v) is 11.5. The van der Waals surface area contributed by atoms with Crippen LogP contribution in [0.1, 0.15) is 101 Å². The fraction of sp³-hybridized carbons (Fsp3) is 0.250. The van der Waals surface area contributed by atoms with Crippen molar-refractivity contribution in [2.45, 2.75) is 78.1 Å². The summed E-state index contributed by atoms with van der Waals surface area (Å²) >= 11 is 0. The first kappa shape index (κ1) is 31.4. The lowest BCUT2D eigenvalue weighted by atomic mass is 9.82. The molecule has 0 bridgehead atoms. The molecule has 0 fully saturated rings. The first-order chi connectivity index (χ1) is 23.5. The summed E-state index contributed by atoms with van der Waals surface area (Å²) in [6.07, 6.45) is 0. The molecule has 8 rings (SSSR count). The maximum absolute atomic E-state index is 2.52. The fourth-order valence-corrected chi connectivity index (χ4v) is 8.48. The smallest absolute Gasteiger partial charge is 0.0540 e. The van der Waals surface area contributed by atoms with Crippen LogP contribution in [0.25, 0.3) is 33.4 Å². The minimum atomic E-state index is -0.0911. The van der Waals surface area contributed by atoms with Crippen LogP contribution in [0.3, 0.4) is 0 Å². The molecule has 2 aliphatic carbocycles. The van der Waals surface area contributed by atoms with Crippen LogP contribution >= 0.6 is 0 Å². The van der Waals surface area contributed by atoms with Gasteiger partial charge in [0.25, 0.3) is 0 Å². The largest absolute Gasteiger partial charge is 0.310 e. The quantitative estimate of drug-likeness (QED) is 0.176. The number of hydrogen-bond acceptors (Lipinski definition) is 1. The Bertz CT molecular complexity index is 2120. The van der Waals surface area contributed by atoms with Crippen molar-refractivity contribution in [3.63, 3.8) is 0 Å². The fourth-order valence-electron chi connectivity index (χ4n) is 8.48. The van der Waals surface area contributed by atoms with Crippen LogP contribution in [0.4, 0.5) is 17.1 Å². The van der Waals surface area contributed by atoms with E-state index in [1.807, 2.05) is 0 Å². The molecule has 0 atom stereocenters. The summed E-state index contributed by atoms with van der Waals surface area (Å²) in [5, 5.41) is 0. The van der Waals surface area contributed by atoms with Crippen LogP contribution in [0.5, 0.6) is 0 Å². The molecule has 0 aromatic heterocycles. The van der Waals surface area contributed by atoms with E-state index >= 15 is 0 Å². The van der Waals surface area contributed by atoms with Crippen molar-refractivity contribution in [3.05, 3.63) is 161 Å². The van der Waals surface area contributed by atoms with Crippen molar-refractivity contribution in [2.24, 2.45) is 0 Å². The molecule has 6 aromatic carbocycles. The van der Waals surface area contributed by atoms with E-state index in [9.17, 15) is 0 Å². The lowest BCUT2D eigenvalue weighted by Crippen LogP contribution is -2.18. The summed E-state index contributed by atoms with van der Waals surface area (Å²) in [5.41, 5.74) is 19.6. The van der Waals surface area contributed by atoms with Gasteiger partial charge < -0.3 is 4.90 Å². The lowest BCUT2D eigenvalue weighted by molar-refractivity contribution is 0.660. The van der Waals surface area contributed by atoms with E-state index in [2.05, 4.69) is 188 Å². The normalized spacial score (nSPS) is 14.8. The minimum Gasteiger partial charge on any atom is -0.310 e. The Hall–Kier alpha value is -4.88. The zero-order valence-corrected chi connectivity index (χ0v) is 30.2. The van der Waals surface area contributed by atoms with Gasteiger partial charge in [0, 0.05) is 27.8 Å². The van der Waals surface area contributed by atoms with Crippen LogP contribution in [0.2, 0.25) is 0 Å². The van der Waals surface area contributed by atoms with Crippen LogP contribution < -0.4 is 4.90 Å². The summed E-state index contributed by atoms with van der Waals surface area (Å²) in [4.78, 5) is 2.52. The Balaban J connectivity index is 1.37. The zero-order valence-electron chi connectivity index (χ0n) is 30.2. The molecule has 0 aliphatic heterocycles. The molecule has 0 spiro atoms. The summed E-state index contributed by atoms with van der Waals surface area (Å²) in [6.45, 7) is 18.6. The van der Waals surface area contributed by atoms with Crippen molar-refractivity contribution in [1.29, 1.82) is 0 Å². The molecule has 0 amide bonds. The monoisotopic (exact) mass is 637 g/mol. The Morgan fingerprint density at radius 1 is 0.408 bits per heavy atom. The molecule has 0 heterocycles. The number of benzene rings is 6. The average molecular weight is 638 g/mol. The van der Waals surface area contributed by atoms with Crippen molar-refractivity contribution in [3.8, 4) is 33.4 Å². The second-order valence-electron chi connectivity index (χ2n) is 15.8. The highest BCUT2D eigenvalue weighted by Crippen LogP contribution is 2.53. The molecule has 49 heavy (non-hydrogen) atoms. The molecule has 0 unspecified atom stereocenters. The van der Waals surface area contributed by atoms with Gasteiger partial charge in [0.15, 0.2) is 0 Å². The highest BCUT2D eigenvalue weighted by atomic mass is 15.1. The van der Waals surface area contributed by atoms with Crippen molar-refractivity contribution >= 4 is 17.1 Å². The van der Waals surface area contributed by atoms with Crippen LogP contribution in [-0.2, 0) is 10.8 Å². The predicted molar refractivity (Wildman–Crippen MR) is 210 cm³/mol. The van der Waals surface area contributed by atoms with Gasteiger partial charge in [0.05, 0.1) is 5.69 Å². The Labute approximate surface area is 293 Å². The zero-order chi connectivity index (χ0) is 34.2. The van der Waals surface area contributed by atoms with Gasteiger partial charge in [-0.2, -0.15) is 0 Å². The number of nitrogens with zero attached hydrogens (tertiary/aromatic N) is 1. The molecule has 6 aromatic rings. The Morgan fingerprint density at radius 3 is 1.35 bits per heavy atom. The van der Waals surface area contributed by atoms with Crippen molar-refractivity contribution < 1.29 is 0 Å². The second-order valence-corrected chi connectivity index (χ2v) is 15.8. The molecule has 0 radical (unpaired) electrons. The van der Waals surface area contributed by atoms with E-state index in [-0.39, 0.29) is 10.8 Å². The average Bonchev–Trinajstić information content (AvgIpc) is 3.48.